The van der Waals surface area contributed by atoms with Crippen LogP contribution >= 0.6 is 0 Å². The summed E-state index contributed by atoms with van der Waals surface area (Å²) in [7, 11) is 0. The van der Waals surface area contributed by atoms with Gasteiger partial charge in [-0.15, -0.1) is 0 Å². The summed E-state index contributed by atoms with van der Waals surface area (Å²) in [6.07, 6.45) is 1.86. The van der Waals surface area contributed by atoms with Crippen LogP contribution in [0.25, 0.3) is 0 Å². The zero-order valence-electron chi connectivity index (χ0n) is 20.1. The first-order valence-electron chi connectivity index (χ1n) is 11.9. The van der Waals surface area contributed by atoms with Crippen LogP contribution in [0.2, 0.25) is 0 Å². The van der Waals surface area contributed by atoms with Crippen LogP contribution in [-0.4, -0.2) is 51.0 Å². The van der Waals surface area contributed by atoms with Gasteiger partial charge in [0.15, 0.2) is 11.4 Å². The lowest BCUT2D eigenvalue weighted by molar-refractivity contribution is -0.207. The van der Waals surface area contributed by atoms with E-state index in [4.69, 9.17) is 4.74 Å². The van der Waals surface area contributed by atoms with Crippen LogP contribution in [-0.2, 0) is 9.53 Å². The van der Waals surface area contributed by atoms with Gasteiger partial charge in [-0.25, -0.2) is 4.79 Å². The number of aliphatic hydroxyl groups is 3. The van der Waals surface area contributed by atoms with Crippen molar-refractivity contribution in [3.63, 3.8) is 0 Å². The van der Waals surface area contributed by atoms with Crippen molar-refractivity contribution in [3.05, 3.63) is 48.0 Å². The van der Waals surface area contributed by atoms with E-state index in [-0.39, 0.29) is 18.1 Å². The number of Topliss-reactive ketones (excluding diaryl/α,β-unsaturated/α-hetero) is 1. The molecule has 3 N–H and O–H groups in total. The molecule has 0 spiro atoms. The number of carbonyl (C=O) groups is 2. The van der Waals surface area contributed by atoms with E-state index < -0.39 is 52.0 Å². The molecule has 0 amide bonds. The molecule has 3 aliphatic rings. The second-order valence-electron chi connectivity index (χ2n) is 11.4. The van der Waals surface area contributed by atoms with Crippen LogP contribution < -0.4 is 0 Å². The predicted octanol–water partition coefficient (Wildman–Crippen LogP) is 3.29. The van der Waals surface area contributed by atoms with Gasteiger partial charge in [0.05, 0.1) is 35.2 Å². The lowest BCUT2D eigenvalue weighted by Gasteiger charge is -2.59. The van der Waals surface area contributed by atoms with Crippen molar-refractivity contribution in [1.29, 1.82) is 0 Å². The van der Waals surface area contributed by atoms with Crippen molar-refractivity contribution in [1.82, 2.24) is 0 Å². The highest BCUT2D eigenvalue weighted by Crippen LogP contribution is 2.63. The molecule has 1 aromatic carbocycles. The molecule has 0 aromatic heterocycles. The minimum Gasteiger partial charge on any atom is -0.447 e. The van der Waals surface area contributed by atoms with Crippen molar-refractivity contribution in [2.24, 2.45) is 28.1 Å². The molecular formula is C27H36O6. The van der Waals surface area contributed by atoms with Crippen LogP contribution in [0.4, 0.5) is 0 Å². The van der Waals surface area contributed by atoms with Crippen LogP contribution in [0.3, 0.4) is 0 Å². The molecule has 8 atom stereocenters. The summed E-state index contributed by atoms with van der Waals surface area (Å²) in [4.78, 5) is 27.6. The van der Waals surface area contributed by atoms with Gasteiger partial charge in [-0.3, -0.25) is 4.79 Å². The molecule has 2 saturated carbocycles. The number of rotatable bonds is 2. The molecule has 3 aliphatic carbocycles. The van der Waals surface area contributed by atoms with Crippen LogP contribution in [0, 0.1) is 28.1 Å². The highest BCUT2D eigenvalue weighted by Gasteiger charge is 2.74. The van der Waals surface area contributed by atoms with Gasteiger partial charge in [-0.1, -0.05) is 58.0 Å². The smallest absolute Gasteiger partial charge is 0.339 e. The van der Waals surface area contributed by atoms with Gasteiger partial charge in [-0.2, -0.15) is 0 Å². The van der Waals surface area contributed by atoms with Crippen molar-refractivity contribution in [2.45, 2.75) is 77.8 Å². The van der Waals surface area contributed by atoms with Gasteiger partial charge in [0.1, 0.15) is 0 Å². The second-order valence-corrected chi connectivity index (χ2v) is 11.4. The molecule has 2 fully saturated rings. The Kier molecular flexibility index (Phi) is 5.67. The summed E-state index contributed by atoms with van der Waals surface area (Å²) >= 11 is 0. The molecule has 0 bridgehead atoms. The minimum atomic E-state index is -1.63. The molecule has 0 unspecified atom stereocenters. The van der Waals surface area contributed by atoms with Crippen molar-refractivity contribution < 1.29 is 29.6 Å². The van der Waals surface area contributed by atoms with E-state index >= 15 is 0 Å². The number of carbonyl (C=O) groups excluding carboxylic acids is 2. The average Bonchev–Trinajstić information content (AvgIpc) is 3.04. The van der Waals surface area contributed by atoms with Crippen molar-refractivity contribution in [3.8, 4) is 0 Å². The molecule has 0 saturated heterocycles. The summed E-state index contributed by atoms with van der Waals surface area (Å²) < 4.78 is 6.03. The summed E-state index contributed by atoms with van der Waals surface area (Å²) in [5.41, 5.74) is -3.97. The summed E-state index contributed by atoms with van der Waals surface area (Å²) in [6.45, 7) is 9.30. The molecule has 180 valence electrons. The highest BCUT2D eigenvalue weighted by molar-refractivity contribution is 6.00. The van der Waals surface area contributed by atoms with E-state index in [2.05, 4.69) is 0 Å². The van der Waals surface area contributed by atoms with Crippen LogP contribution in [0.5, 0.6) is 0 Å². The third-order valence-electron chi connectivity index (χ3n) is 9.08. The van der Waals surface area contributed by atoms with Crippen LogP contribution in [0.1, 0.15) is 64.2 Å². The maximum Gasteiger partial charge on any atom is 0.339 e. The minimum absolute atomic E-state index is 0.152. The number of hydrogen-bond donors (Lipinski definition) is 3. The molecule has 4 rings (SSSR count). The maximum atomic E-state index is 14.4. The fraction of sp³-hybridized carbons (Fsp3) is 0.630. The lowest BCUT2D eigenvalue weighted by atomic mass is 9.47. The summed E-state index contributed by atoms with van der Waals surface area (Å²) in [5, 5.41) is 33.6. The number of ketones is 1. The number of aliphatic hydroxyl groups excluding tert-OH is 3. The van der Waals surface area contributed by atoms with Crippen LogP contribution in [0.15, 0.2) is 42.5 Å². The Morgan fingerprint density at radius 1 is 1.03 bits per heavy atom. The standard InChI is InChI=1S/C27H36O6/c1-16-15-27(33-22(31)17-9-7-6-8-10-17)19(20(16)29)21(30)25(4)12-11-18(28)24(2,3)13-14-26(25,5)23(27)32/h6-10,13-14,16,18-21,28-30H,11-12,15H2,1-5H3/b14-13-/t16-,18-,19+,20-,21+,25-,26+,27+/m0/s1. The first-order chi connectivity index (χ1) is 15.3. The monoisotopic (exact) mass is 456 g/mol. The Balaban J connectivity index is 1.86. The number of esters is 1. The van der Waals surface area contributed by atoms with Crippen molar-refractivity contribution >= 4 is 11.8 Å². The number of ether oxygens (including phenoxy) is 1. The molecule has 0 heterocycles. The molecule has 33 heavy (non-hydrogen) atoms. The first kappa shape index (κ1) is 24.1. The lowest BCUT2D eigenvalue weighted by Crippen LogP contribution is -2.70. The Labute approximate surface area is 195 Å². The Hall–Kier alpha value is -2.02. The molecule has 0 aliphatic heterocycles. The fourth-order valence-corrected chi connectivity index (χ4v) is 6.38. The van der Waals surface area contributed by atoms with Gasteiger partial charge >= 0.3 is 5.97 Å². The molecular weight excluding hydrogens is 420 g/mol. The van der Waals surface area contributed by atoms with E-state index in [1.165, 1.54) is 0 Å². The number of allylic oxidation sites excluding steroid dienone is 1. The summed E-state index contributed by atoms with van der Waals surface area (Å²) in [6, 6.07) is 8.48. The molecule has 1 aromatic rings. The summed E-state index contributed by atoms with van der Waals surface area (Å²) in [5.74, 6) is -2.20. The number of benzene rings is 1. The normalized spacial score (nSPS) is 45.3. The number of fused-ring (bicyclic) bond motifs is 2. The zero-order chi connectivity index (χ0) is 24.4. The van der Waals surface area contributed by atoms with Gasteiger partial charge in [0.25, 0.3) is 0 Å². The van der Waals surface area contributed by atoms with E-state index in [1.807, 2.05) is 33.8 Å². The topological polar surface area (TPSA) is 104 Å². The fourth-order valence-electron chi connectivity index (χ4n) is 6.38. The predicted molar refractivity (Wildman–Crippen MR) is 123 cm³/mol. The molecule has 6 heteroatoms. The van der Waals surface area contributed by atoms with E-state index in [0.29, 0.717) is 18.4 Å². The quantitative estimate of drug-likeness (QED) is 0.466. The second kappa shape index (κ2) is 7.76. The third kappa shape index (κ3) is 3.33. The van der Waals surface area contributed by atoms with Gasteiger partial charge in [0, 0.05) is 17.3 Å². The number of hydrogen-bond acceptors (Lipinski definition) is 6. The van der Waals surface area contributed by atoms with E-state index in [1.54, 1.807) is 43.3 Å². The van der Waals surface area contributed by atoms with Gasteiger partial charge < -0.3 is 20.1 Å². The zero-order valence-corrected chi connectivity index (χ0v) is 20.1. The first-order valence-corrected chi connectivity index (χ1v) is 11.9. The van der Waals surface area contributed by atoms with Gasteiger partial charge in [-0.05, 0) is 37.8 Å². The third-order valence-corrected chi connectivity index (χ3v) is 9.08. The molecule has 6 nitrogen and oxygen atoms in total. The largest absolute Gasteiger partial charge is 0.447 e. The maximum absolute atomic E-state index is 14.4. The van der Waals surface area contributed by atoms with Crippen molar-refractivity contribution in [2.75, 3.05) is 0 Å². The highest BCUT2D eigenvalue weighted by atomic mass is 16.6. The Morgan fingerprint density at radius 2 is 1.67 bits per heavy atom. The van der Waals surface area contributed by atoms with Gasteiger partial charge in [0.2, 0.25) is 0 Å². The van der Waals surface area contributed by atoms with E-state index in [0.717, 1.165) is 0 Å². The molecule has 0 radical (unpaired) electrons. The SMILES string of the molecule is C[C@H]1C[C@]2(OC(=O)c3ccccc3)C(=O)[C@@]3(C)/C=C\C(C)(C)[C@@H](O)CC[C@@]3(C)[C@H](O)[C@H]2[C@H]1O. The van der Waals surface area contributed by atoms with E-state index in [9.17, 15) is 24.9 Å². The average molecular weight is 457 g/mol. The Bertz CT molecular complexity index is 970. The Morgan fingerprint density at radius 3 is 2.30 bits per heavy atom.